The van der Waals surface area contributed by atoms with Gasteiger partial charge in [0.15, 0.2) is 0 Å². The average molecular weight is 379 g/mol. The highest BCUT2D eigenvalue weighted by Crippen LogP contribution is 2.24. The quantitative estimate of drug-likeness (QED) is 0.853. The molecule has 1 saturated heterocycles. The molecule has 1 aromatic rings. The number of benzene rings is 1. The molecule has 1 aromatic carbocycles. The zero-order valence-corrected chi connectivity index (χ0v) is 16.5. The molecule has 1 N–H and O–H groups in total. The molecule has 26 heavy (non-hydrogen) atoms. The van der Waals surface area contributed by atoms with Gasteiger partial charge in [-0.25, -0.2) is 8.42 Å². The number of carbonyl (C=O) groups is 1. The first-order chi connectivity index (χ1) is 12.5. The van der Waals surface area contributed by atoms with E-state index in [9.17, 15) is 13.2 Å². The maximum Gasteiger partial charge on any atom is 0.251 e. The van der Waals surface area contributed by atoms with Crippen molar-refractivity contribution in [1.29, 1.82) is 0 Å². The minimum atomic E-state index is -3.52. The van der Waals surface area contributed by atoms with Gasteiger partial charge in [-0.05, 0) is 56.2 Å². The number of rotatable bonds is 5. The summed E-state index contributed by atoms with van der Waals surface area (Å²) < 4.78 is 27.3. The zero-order chi connectivity index (χ0) is 18.6. The van der Waals surface area contributed by atoms with Gasteiger partial charge >= 0.3 is 0 Å². The Bertz CT molecular complexity index is 733. The standard InChI is InChI=1S/C20H30N2O3S/c1-16-10-11-18(26(24,25)22-12-6-3-7-13-22)14-19(16)20(23)21-15-17-8-4-2-5-9-17/h10-11,14,17H,2-9,12-13,15H2,1H3,(H,21,23). The van der Waals surface area contributed by atoms with Crippen molar-refractivity contribution in [3.8, 4) is 0 Å². The van der Waals surface area contributed by atoms with Gasteiger partial charge in [-0.3, -0.25) is 4.79 Å². The van der Waals surface area contributed by atoms with Crippen LogP contribution in [0.2, 0.25) is 0 Å². The van der Waals surface area contributed by atoms with E-state index in [0.717, 1.165) is 24.8 Å². The highest BCUT2D eigenvalue weighted by molar-refractivity contribution is 7.89. The SMILES string of the molecule is Cc1ccc(S(=O)(=O)N2CCCCC2)cc1C(=O)NCC1CCCCC1. The summed E-state index contributed by atoms with van der Waals surface area (Å²) in [5.41, 5.74) is 1.28. The Kier molecular flexibility index (Phi) is 6.35. The van der Waals surface area contributed by atoms with Gasteiger partial charge in [0, 0.05) is 25.2 Å². The maximum atomic E-state index is 12.9. The van der Waals surface area contributed by atoms with Crippen molar-refractivity contribution in [2.45, 2.75) is 63.2 Å². The Morgan fingerprint density at radius 1 is 1.08 bits per heavy atom. The topological polar surface area (TPSA) is 66.5 Å². The van der Waals surface area contributed by atoms with Crippen LogP contribution in [0.25, 0.3) is 0 Å². The molecule has 3 rings (SSSR count). The molecular formula is C20H30N2O3S. The van der Waals surface area contributed by atoms with Gasteiger partial charge in [0.2, 0.25) is 10.0 Å². The van der Waals surface area contributed by atoms with Gasteiger partial charge in [-0.15, -0.1) is 0 Å². The Morgan fingerprint density at radius 2 is 1.73 bits per heavy atom. The lowest BCUT2D eigenvalue weighted by atomic mass is 9.89. The Balaban J connectivity index is 1.73. The maximum absolute atomic E-state index is 12.9. The second kappa shape index (κ2) is 8.53. The first kappa shape index (κ1) is 19.4. The van der Waals surface area contributed by atoms with Gasteiger partial charge in [0.1, 0.15) is 0 Å². The van der Waals surface area contributed by atoms with Crippen LogP contribution in [0.1, 0.15) is 67.3 Å². The molecule has 0 bridgehead atoms. The molecule has 1 aliphatic heterocycles. The molecule has 6 heteroatoms. The van der Waals surface area contributed by atoms with Crippen LogP contribution in [-0.4, -0.2) is 38.3 Å². The van der Waals surface area contributed by atoms with Crippen molar-refractivity contribution in [3.05, 3.63) is 29.3 Å². The fourth-order valence-electron chi connectivity index (χ4n) is 3.98. The van der Waals surface area contributed by atoms with E-state index in [4.69, 9.17) is 0 Å². The Hall–Kier alpha value is -1.40. The molecule has 1 aliphatic carbocycles. The summed E-state index contributed by atoms with van der Waals surface area (Å²) in [5, 5.41) is 3.02. The number of sulfonamides is 1. The summed E-state index contributed by atoms with van der Waals surface area (Å²) in [5.74, 6) is 0.386. The number of piperidine rings is 1. The first-order valence-corrected chi connectivity index (χ1v) is 11.3. The Morgan fingerprint density at radius 3 is 2.42 bits per heavy atom. The van der Waals surface area contributed by atoms with Crippen LogP contribution >= 0.6 is 0 Å². The lowest BCUT2D eigenvalue weighted by Gasteiger charge is -2.26. The minimum absolute atomic E-state index is 0.163. The molecule has 0 spiro atoms. The van der Waals surface area contributed by atoms with Crippen LogP contribution in [0, 0.1) is 12.8 Å². The first-order valence-electron chi connectivity index (χ1n) is 9.87. The summed E-state index contributed by atoms with van der Waals surface area (Å²) in [7, 11) is -3.52. The van der Waals surface area contributed by atoms with Gasteiger partial charge in [-0.1, -0.05) is 31.7 Å². The number of amides is 1. The van der Waals surface area contributed by atoms with Gasteiger partial charge in [-0.2, -0.15) is 4.31 Å². The molecule has 0 unspecified atom stereocenters. The van der Waals surface area contributed by atoms with Crippen molar-refractivity contribution in [3.63, 3.8) is 0 Å². The molecule has 1 heterocycles. The van der Waals surface area contributed by atoms with Crippen LogP contribution in [0.4, 0.5) is 0 Å². The molecule has 2 aliphatic rings. The molecule has 2 fully saturated rings. The van der Waals surface area contributed by atoms with E-state index in [-0.39, 0.29) is 10.8 Å². The van der Waals surface area contributed by atoms with Gasteiger partial charge in [0.25, 0.3) is 5.91 Å². The molecule has 1 saturated carbocycles. The third kappa shape index (κ3) is 4.46. The third-order valence-corrected chi connectivity index (χ3v) is 7.58. The molecule has 1 amide bonds. The zero-order valence-electron chi connectivity index (χ0n) is 15.7. The predicted molar refractivity (Wildman–Crippen MR) is 103 cm³/mol. The van der Waals surface area contributed by atoms with Crippen molar-refractivity contribution in [1.82, 2.24) is 9.62 Å². The van der Waals surface area contributed by atoms with Crippen LogP contribution < -0.4 is 5.32 Å². The van der Waals surface area contributed by atoms with Crippen LogP contribution in [-0.2, 0) is 10.0 Å². The fraction of sp³-hybridized carbons (Fsp3) is 0.650. The summed E-state index contributed by atoms with van der Waals surface area (Å²) in [6.45, 7) is 3.67. The number of nitrogens with one attached hydrogen (secondary N) is 1. The molecule has 5 nitrogen and oxygen atoms in total. The molecular weight excluding hydrogens is 348 g/mol. The van der Waals surface area contributed by atoms with E-state index < -0.39 is 10.0 Å². The second-order valence-electron chi connectivity index (χ2n) is 7.66. The predicted octanol–water partition coefficient (Wildman–Crippen LogP) is 3.48. The number of nitrogens with zero attached hydrogens (tertiary/aromatic N) is 1. The van der Waals surface area contributed by atoms with Gasteiger partial charge < -0.3 is 5.32 Å². The van der Waals surface area contributed by atoms with E-state index in [2.05, 4.69) is 5.32 Å². The monoisotopic (exact) mass is 378 g/mol. The molecule has 0 radical (unpaired) electrons. The molecule has 0 atom stereocenters. The summed E-state index contributed by atoms with van der Waals surface area (Å²) in [6.07, 6.45) is 8.99. The lowest BCUT2D eigenvalue weighted by Crippen LogP contribution is -2.36. The third-order valence-electron chi connectivity index (χ3n) is 5.68. The summed E-state index contributed by atoms with van der Waals surface area (Å²) in [6, 6.07) is 4.92. The van der Waals surface area contributed by atoms with E-state index in [1.807, 2.05) is 6.92 Å². The van der Waals surface area contributed by atoms with E-state index in [0.29, 0.717) is 31.1 Å². The normalized spacial score (nSPS) is 20.0. The average Bonchev–Trinajstić information content (AvgIpc) is 2.68. The van der Waals surface area contributed by atoms with Crippen LogP contribution in [0.5, 0.6) is 0 Å². The second-order valence-corrected chi connectivity index (χ2v) is 9.59. The van der Waals surface area contributed by atoms with Crippen LogP contribution in [0.3, 0.4) is 0 Å². The smallest absolute Gasteiger partial charge is 0.251 e. The van der Waals surface area contributed by atoms with Crippen molar-refractivity contribution >= 4 is 15.9 Å². The van der Waals surface area contributed by atoms with Crippen LogP contribution in [0.15, 0.2) is 23.1 Å². The van der Waals surface area contributed by atoms with Crippen molar-refractivity contribution in [2.75, 3.05) is 19.6 Å². The fourth-order valence-corrected chi connectivity index (χ4v) is 5.53. The highest BCUT2D eigenvalue weighted by Gasteiger charge is 2.27. The summed E-state index contributed by atoms with van der Waals surface area (Å²) in [4.78, 5) is 12.9. The molecule has 0 aromatic heterocycles. The van der Waals surface area contributed by atoms with E-state index >= 15 is 0 Å². The van der Waals surface area contributed by atoms with Gasteiger partial charge in [0.05, 0.1) is 4.90 Å². The van der Waals surface area contributed by atoms with Crippen molar-refractivity contribution < 1.29 is 13.2 Å². The number of hydrogen-bond donors (Lipinski definition) is 1. The highest BCUT2D eigenvalue weighted by atomic mass is 32.2. The molecule has 144 valence electrons. The van der Waals surface area contributed by atoms with Crippen molar-refractivity contribution in [2.24, 2.45) is 5.92 Å². The van der Waals surface area contributed by atoms with E-state index in [1.54, 1.807) is 22.5 Å². The largest absolute Gasteiger partial charge is 0.352 e. The Labute approximate surface area is 157 Å². The number of aryl methyl sites for hydroxylation is 1. The number of hydrogen-bond acceptors (Lipinski definition) is 3. The summed E-state index contributed by atoms with van der Waals surface area (Å²) >= 11 is 0. The lowest BCUT2D eigenvalue weighted by molar-refractivity contribution is 0.0942. The minimum Gasteiger partial charge on any atom is -0.352 e. The van der Waals surface area contributed by atoms with E-state index in [1.165, 1.54) is 32.1 Å². The number of carbonyl (C=O) groups excluding carboxylic acids is 1.